The summed E-state index contributed by atoms with van der Waals surface area (Å²) in [5, 5.41) is 0. The fourth-order valence-corrected chi connectivity index (χ4v) is 1.43. The van der Waals surface area contributed by atoms with Crippen LogP contribution in [-0.2, 0) is 19.1 Å². The Morgan fingerprint density at radius 3 is 2.00 bits per heavy atom. The van der Waals surface area contributed by atoms with Gasteiger partial charge in [-0.2, -0.15) is 0 Å². The molecule has 1 atom stereocenters. The monoisotopic (exact) mass is 269 g/mol. The average Bonchev–Trinajstić information content (AvgIpc) is 2.22. The number of carbonyl (C=O) groups excluding carboxylic acids is 3. The minimum Gasteiger partial charge on any atom is -0.457 e. The first-order chi connectivity index (χ1) is 8.46. The molecule has 0 bridgehead atoms. The zero-order valence-electron chi connectivity index (χ0n) is 12.6. The van der Waals surface area contributed by atoms with Crippen molar-refractivity contribution in [3.63, 3.8) is 0 Å². The second kappa shape index (κ2) is 6.50. The van der Waals surface area contributed by atoms with Gasteiger partial charge >= 0.3 is 5.97 Å². The summed E-state index contributed by atoms with van der Waals surface area (Å²) in [4.78, 5) is 35.9. The number of ketones is 1. The average molecular weight is 269 g/mol. The lowest BCUT2D eigenvalue weighted by Gasteiger charge is -2.36. The van der Waals surface area contributed by atoms with E-state index in [2.05, 4.69) is 6.58 Å². The summed E-state index contributed by atoms with van der Waals surface area (Å²) in [6.45, 7) is 13.6. The third-order valence-corrected chi connectivity index (χ3v) is 2.45. The number of ether oxygens (including phenoxy) is 1. The summed E-state index contributed by atoms with van der Waals surface area (Å²) < 4.78 is 5.12. The molecule has 0 aromatic rings. The Bertz CT molecular complexity index is 393. The zero-order valence-corrected chi connectivity index (χ0v) is 12.6. The van der Waals surface area contributed by atoms with Crippen LogP contribution in [0.3, 0.4) is 0 Å². The lowest BCUT2D eigenvalue weighted by atomic mass is 10.0. The van der Waals surface area contributed by atoms with Crippen molar-refractivity contribution >= 4 is 17.7 Å². The largest absolute Gasteiger partial charge is 0.457 e. The summed E-state index contributed by atoms with van der Waals surface area (Å²) in [5.41, 5.74) is -0.223. The van der Waals surface area contributed by atoms with E-state index in [0.717, 1.165) is 0 Å². The first kappa shape index (κ1) is 17.4. The van der Waals surface area contributed by atoms with Gasteiger partial charge in [0.2, 0.25) is 5.78 Å². The molecule has 19 heavy (non-hydrogen) atoms. The Morgan fingerprint density at radius 2 is 1.68 bits per heavy atom. The van der Waals surface area contributed by atoms with Gasteiger partial charge in [-0.3, -0.25) is 9.59 Å². The van der Waals surface area contributed by atoms with Crippen LogP contribution in [0.15, 0.2) is 12.2 Å². The van der Waals surface area contributed by atoms with Crippen LogP contribution in [0.5, 0.6) is 0 Å². The molecule has 0 aromatic carbocycles. The Balaban J connectivity index is 4.85. The summed E-state index contributed by atoms with van der Waals surface area (Å²) in [6, 6.07) is 0. The van der Waals surface area contributed by atoms with Crippen molar-refractivity contribution in [1.82, 2.24) is 4.90 Å². The lowest BCUT2D eigenvalue weighted by molar-refractivity contribution is -0.152. The fraction of sp³-hybridized carbons (Fsp3) is 0.643. The molecule has 0 fully saturated rings. The number of nitrogens with zero attached hydrogens (tertiary/aromatic N) is 1. The van der Waals surface area contributed by atoms with E-state index < -0.39 is 29.3 Å². The van der Waals surface area contributed by atoms with Gasteiger partial charge in [0.25, 0.3) is 5.91 Å². The van der Waals surface area contributed by atoms with Crippen molar-refractivity contribution in [2.75, 3.05) is 6.54 Å². The van der Waals surface area contributed by atoms with Crippen molar-refractivity contribution in [1.29, 1.82) is 0 Å². The predicted octanol–water partition coefficient (Wildman–Crippen LogP) is 1.71. The van der Waals surface area contributed by atoms with Crippen LogP contribution >= 0.6 is 0 Å². The van der Waals surface area contributed by atoms with Crippen LogP contribution in [0, 0.1) is 0 Å². The molecule has 0 radical (unpaired) electrons. The number of hydrogen-bond acceptors (Lipinski definition) is 4. The van der Waals surface area contributed by atoms with Crippen LogP contribution in [0.1, 0.15) is 41.5 Å². The maximum Gasteiger partial charge on any atom is 0.333 e. The van der Waals surface area contributed by atoms with E-state index in [9.17, 15) is 14.4 Å². The lowest BCUT2D eigenvalue weighted by Crippen LogP contribution is -2.51. The van der Waals surface area contributed by atoms with Gasteiger partial charge in [0.1, 0.15) is 6.10 Å². The maximum absolute atomic E-state index is 11.9. The SMILES string of the molecule is C=C(C)C(=O)OC(C)CN(C(=O)C(C)=O)C(C)(C)C. The molecule has 5 nitrogen and oxygen atoms in total. The number of esters is 1. The van der Waals surface area contributed by atoms with Gasteiger partial charge < -0.3 is 9.64 Å². The molecule has 0 aliphatic rings. The molecular formula is C14H23NO4. The van der Waals surface area contributed by atoms with Crippen molar-refractivity contribution in [3.8, 4) is 0 Å². The molecule has 0 aromatic heterocycles. The normalized spacial score (nSPS) is 12.5. The number of carbonyl (C=O) groups is 3. The molecule has 5 heteroatoms. The molecule has 0 saturated carbocycles. The van der Waals surface area contributed by atoms with Crippen LogP contribution in [0.4, 0.5) is 0 Å². The fourth-order valence-electron chi connectivity index (χ4n) is 1.43. The molecule has 0 aliphatic carbocycles. The van der Waals surface area contributed by atoms with Gasteiger partial charge in [-0.15, -0.1) is 0 Å². The van der Waals surface area contributed by atoms with E-state index in [1.54, 1.807) is 13.8 Å². The summed E-state index contributed by atoms with van der Waals surface area (Å²) in [7, 11) is 0. The topological polar surface area (TPSA) is 63.7 Å². The van der Waals surface area contributed by atoms with E-state index in [-0.39, 0.29) is 6.54 Å². The second-order valence-electron chi connectivity index (χ2n) is 5.64. The third kappa shape index (κ3) is 5.68. The number of hydrogen-bond donors (Lipinski definition) is 0. The Hall–Kier alpha value is -1.65. The molecule has 108 valence electrons. The second-order valence-corrected chi connectivity index (χ2v) is 5.64. The molecule has 0 heterocycles. The first-order valence-corrected chi connectivity index (χ1v) is 6.15. The van der Waals surface area contributed by atoms with Gasteiger partial charge in [0.05, 0.1) is 6.54 Å². The molecule has 0 spiro atoms. The first-order valence-electron chi connectivity index (χ1n) is 6.15. The van der Waals surface area contributed by atoms with E-state index in [1.807, 2.05) is 20.8 Å². The van der Waals surface area contributed by atoms with Crippen molar-refractivity contribution in [3.05, 3.63) is 12.2 Å². The summed E-state index contributed by atoms with van der Waals surface area (Å²) >= 11 is 0. The van der Waals surface area contributed by atoms with Gasteiger partial charge in [-0.1, -0.05) is 6.58 Å². The van der Waals surface area contributed by atoms with Crippen molar-refractivity contribution in [2.24, 2.45) is 0 Å². The van der Waals surface area contributed by atoms with Crippen LogP contribution in [0.2, 0.25) is 0 Å². The molecule has 0 aliphatic heterocycles. The maximum atomic E-state index is 11.9. The standard InChI is InChI=1S/C14H23NO4/c1-9(2)13(18)19-10(3)8-15(14(5,6)7)12(17)11(4)16/h10H,1,8H2,2-7H3. The molecule has 0 saturated heterocycles. The van der Waals surface area contributed by atoms with E-state index in [4.69, 9.17) is 4.74 Å². The van der Waals surface area contributed by atoms with Gasteiger partial charge in [0.15, 0.2) is 0 Å². The Labute approximate surface area is 114 Å². The minimum atomic E-state index is -0.578. The Kier molecular flexibility index (Phi) is 5.93. The van der Waals surface area contributed by atoms with Crippen molar-refractivity contribution in [2.45, 2.75) is 53.2 Å². The zero-order chi connectivity index (χ0) is 15.4. The Morgan fingerprint density at radius 1 is 1.21 bits per heavy atom. The highest BCUT2D eigenvalue weighted by molar-refractivity contribution is 6.35. The molecule has 0 rings (SSSR count). The third-order valence-electron chi connectivity index (χ3n) is 2.45. The number of Topliss-reactive ketones (excluding diaryl/α,β-unsaturated/α-hetero) is 1. The highest BCUT2D eigenvalue weighted by atomic mass is 16.5. The molecule has 0 N–H and O–H groups in total. The summed E-state index contributed by atoms with van der Waals surface area (Å²) in [5.74, 6) is -1.62. The van der Waals surface area contributed by atoms with Gasteiger partial charge in [-0.25, -0.2) is 4.79 Å². The van der Waals surface area contributed by atoms with E-state index in [0.29, 0.717) is 5.57 Å². The van der Waals surface area contributed by atoms with Crippen LogP contribution in [-0.4, -0.2) is 40.7 Å². The predicted molar refractivity (Wildman–Crippen MR) is 72.5 cm³/mol. The van der Waals surface area contributed by atoms with Gasteiger partial charge in [0, 0.05) is 18.0 Å². The van der Waals surface area contributed by atoms with Crippen LogP contribution in [0.25, 0.3) is 0 Å². The highest BCUT2D eigenvalue weighted by Crippen LogP contribution is 2.15. The highest BCUT2D eigenvalue weighted by Gasteiger charge is 2.30. The minimum absolute atomic E-state index is 0.168. The molecule has 1 amide bonds. The molecule has 1 unspecified atom stereocenters. The van der Waals surface area contributed by atoms with Gasteiger partial charge in [-0.05, 0) is 34.6 Å². The summed E-state index contributed by atoms with van der Waals surface area (Å²) in [6.07, 6.45) is -0.508. The smallest absolute Gasteiger partial charge is 0.333 e. The number of amides is 1. The van der Waals surface area contributed by atoms with E-state index in [1.165, 1.54) is 11.8 Å². The molecular weight excluding hydrogens is 246 g/mol. The van der Waals surface area contributed by atoms with Crippen molar-refractivity contribution < 1.29 is 19.1 Å². The van der Waals surface area contributed by atoms with E-state index >= 15 is 0 Å². The quantitative estimate of drug-likeness (QED) is 0.433. The number of rotatable bonds is 5. The van der Waals surface area contributed by atoms with Crippen LogP contribution < -0.4 is 0 Å².